The zero-order valence-corrected chi connectivity index (χ0v) is 15.9. The van der Waals surface area contributed by atoms with Crippen molar-refractivity contribution < 1.29 is 0 Å². The first-order valence-corrected chi connectivity index (χ1v) is 11.2. The molecule has 0 atom stereocenters. The van der Waals surface area contributed by atoms with Gasteiger partial charge in [0.1, 0.15) is 5.82 Å². The van der Waals surface area contributed by atoms with Crippen LogP contribution in [-0.2, 0) is 12.5 Å². The molecule has 5 aliphatic carbocycles. The highest BCUT2D eigenvalue weighted by atomic mass is 32.2. The van der Waals surface area contributed by atoms with Gasteiger partial charge in [-0.25, -0.2) is 0 Å². The van der Waals surface area contributed by atoms with Gasteiger partial charge in [-0.2, -0.15) is 0 Å². The van der Waals surface area contributed by atoms with Gasteiger partial charge >= 0.3 is 0 Å². The van der Waals surface area contributed by atoms with Gasteiger partial charge in [0.25, 0.3) is 0 Å². The van der Waals surface area contributed by atoms with Crippen molar-refractivity contribution in [2.24, 2.45) is 30.7 Å². The molecule has 1 aromatic rings. The molecule has 0 radical (unpaired) electrons. The Kier molecular flexibility index (Phi) is 3.95. The number of rotatable bonds is 4. The summed E-state index contributed by atoms with van der Waals surface area (Å²) in [5.74, 6) is 6.41. The van der Waals surface area contributed by atoms with Gasteiger partial charge < -0.3 is 4.57 Å². The number of aromatic nitrogens is 3. The van der Waals surface area contributed by atoms with E-state index >= 15 is 0 Å². The molecule has 5 fully saturated rings. The monoisotopic (exact) mass is 345 g/mol. The fourth-order valence-corrected chi connectivity index (χ4v) is 7.93. The molecule has 3 nitrogen and oxygen atoms in total. The van der Waals surface area contributed by atoms with E-state index in [0.717, 1.165) is 23.7 Å². The zero-order valence-electron chi connectivity index (χ0n) is 15.0. The molecule has 0 spiro atoms. The molecule has 1 heterocycles. The molecule has 6 rings (SSSR count). The lowest BCUT2D eigenvalue weighted by Gasteiger charge is -2.56. The SMILES string of the molecule is Cn1c(SCC2CCCCC2)nnc1C12CC3CC(CC(C3)C1)C2. The van der Waals surface area contributed by atoms with E-state index in [9.17, 15) is 0 Å². The summed E-state index contributed by atoms with van der Waals surface area (Å²) in [5, 5.41) is 10.6. The maximum atomic E-state index is 4.76. The molecule has 5 aliphatic rings. The van der Waals surface area contributed by atoms with Crippen LogP contribution in [-0.4, -0.2) is 20.5 Å². The molecule has 5 saturated carbocycles. The van der Waals surface area contributed by atoms with Crippen molar-refractivity contribution in [2.75, 3.05) is 5.75 Å². The quantitative estimate of drug-likeness (QED) is 0.723. The molecule has 1 aromatic heterocycles. The van der Waals surface area contributed by atoms with Gasteiger partial charge in [-0.15, -0.1) is 10.2 Å². The van der Waals surface area contributed by atoms with Crippen LogP contribution in [0.2, 0.25) is 0 Å². The Bertz CT molecular complexity index is 567. The second kappa shape index (κ2) is 6.03. The van der Waals surface area contributed by atoms with Crippen LogP contribution in [0.5, 0.6) is 0 Å². The highest BCUT2D eigenvalue weighted by Gasteiger charge is 2.53. The smallest absolute Gasteiger partial charge is 0.190 e. The van der Waals surface area contributed by atoms with E-state index in [1.165, 1.54) is 87.4 Å². The zero-order chi connectivity index (χ0) is 16.1. The Labute approximate surface area is 150 Å². The summed E-state index contributed by atoms with van der Waals surface area (Å²) in [5.41, 5.74) is 0.375. The van der Waals surface area contributed by atoms with E-state index in [1.54, 1.807) is 0 Å². The fraction of sp³-hybridized carbons (Fsp3) is 0.900. The van der Waals surface area contributed by atoms with E-state index in [2.05, 4.69) is 16.7 Å². The Hall–Kier alpha value is -0.510. The summed E-state index contributed by atoms with van der Waals surface area (Å²) >= 11 is 1.97. The number of nitrogens with zero attached hydrogens (tertiary/aromatic N) is 3. The minimum absolute atomic E-state index is 0.375. The van der Waals surface area contributed by atoms with Gasteiger partial charge in [0.2, 0.25) is 0 Å². The second-order valence-corrected chi connectivity index (χ2v) is 10.4. The van der Waals surface area contributed by atoms with Gasteiger partial charge in [-0.05, 0) is 75.0 Å². The molecule has 24 heavy (non-hydrogen) atoms. The average molecular weight is 346 g/mol. The lowest BCUT2D eigenvalue weighted by Crippen LogP contribution is -2.49. The Morgan fingerprint density at radius 3 is 2.21 bits per heavy atom. The summed E-state index contributed by atoms with van der Waals surface area (Å²) in [7, 11) is 2.23. The summed E-state index contributed by atoms with van der Waals surface area (Å²) < 4.78 is 2.38. The molecule has 4 bridgehead atoms. The number of thioether (sulfide) groups is 1. The first-order valence-electron chi connectivity index (χ1n) is 10.2. The largest absolute Gasteiger partial charge is 0.309 e. The van der Waals surface area contributed by atoms with Gasteiger partial charge in [-0.3, -0.25) is 0 Å². The molecule has 0 saturated heterocycles. The van der Waals surface area contributed by atoms with Crippen LogP contribution < -0.4 is 0 Å². The minimum Gasteiger partial charge on any atom is -0.309 e. The van der Waals surface area contributed by atoms with Gasteiger partial charge in [0, 0.05) is 18.2 Å². The molecular weight excluding hydrogens is 314 g/mol. The number of hydrogen-bond acceptors (Lipinski definition) is 3. The molecule has 0 aromatic carbocycles. The third kappa shape index (κ3) is 2.64. The maximum absolute atomic E-state index is 4.76. The van der Waals surface area contributed by atoms with Crippen LogP contribution >= 0.6 is 11.8 Å². The van der Waals surface area contributed by atoms with Crippen LogP contribution in [0.1, 0.15) is 76.5 Å². The van der Waals surface area contributed by atoms with Gasteiger partial charge in [0.15, 0.2) is 5.16 Å². The average Bonchev–Trinajstić information content (AvgIpc) is 2.94. The lowest BCUT2D eigenvalue weighted by atomic mass is 9.49. The summed E-state index contributed by atoms with van der Waals surface area (Å²) in [4.78, 5) is 0. The second-order valence-electron chi connectivity index (χ2n) is 9.38. The van der Waals surface area contributed by atoms with Crippen molar-refractivity contribution in [1.29, 1.82) is 0 Å². The van der Waals surface area contributed by atoms with Crippen molar-refractivity contribution in [3.05, 3.63) is 5.82 Å². The topological polar surface area (TPSA) is 30.7 Å². The van der Waals surface area contributed by atoms with Crippen LogP contribution in [0.4, 0.5) is 0 Å². The van der Waals surface area contributed by atoms with E-state index in [0.29, 0.717) is 5.41 Å². The molecule has 0 N–H and O–H groups in total. The Morgan fingerprint density at radius 1 is 0.958 bits per heavy atom. The normalized spacial score (nSPS) is 38.8. The number of hydrogen-bond donors (Lipinski definition) is 0. The standard InChI is InChI=1S/C20H31N3S/c1-23-18(20-10-15-7-16(11-20)9-17(8-15)12-20)21-22-19(23)24-13-14-5-3-2-4-6-14/h14-17H,2-13H2,1H3. The fourth-order valence-electron chi connectivity index (χ4n) is 6.83. The van der Waals surface area contributed by atoms with E-state index in [1.807, 2.05) is 11.8 Å². The van der Waals surface area contributed by atoms with Gasteiger partial charge in [0.05, 0.1) is 0 Å². The molecule has 132 valence electrons. The lowest BCUT2D eigenvalue weighted by molar-refractivity contribution is -0.0109. The van der Waals surface area contributed by atoms with E-state index < -0.39 is 0 Å². The van der Waals surface area contributed by atoms with E-state index in [4.69, 9.17) is 5.10 Å². The van der Waals surface area contributed by atoms with E-state index in [-0.39, 0.29) is 0 Å². The van der Waals surface area contributed by atoms with Crippen LogP contribution in [0.3, 0.4) is 0 Å². The third-order valence-electron chi connectivity index (χ3n) is 7.52. The predicted octanol–water partition coefficient (Wildman–Crippen LogP) is 4.96. The summed E-state index contributed by atoms with van der Waals surface area (Å²) in [6.07, 6.45) is 15.8. The minimum atomic E-state index is 0.375. The Balaban J connectivity index is 1.33. The highest BCUT2D eigenvalue weighted by Crippen LogP contribution is 2.60. The van der Waals surface area contributed by atoms with Crippen molar-refractivity contribution in [3.63, 3.8) is 0 Å². The predicted molar refractivity (Wildman–Crippen MR) is 98.2 cm³/mol. The molecule has 4 heteroatoms. The van der Waals surface area contributed by atoms with Gasteiger partial charge in [-0.1, -0.05) is 31.0 Å². The molecule has 0 aliphatic heterocycles. The maximum Gasteiger partial charge on any atom is 0.190 e. The molecular formula is C20H31N3S. The van der Waals surface area contributed by atoms with Crippen molar-refractivity contribution in [2.45, 2.75) is 81.2 Å². The van der Waals surface area contributed by atoms with Crippen molar-refractivity contribution in [3.8, 4) is 0 Å². The Morgan fingerprint density at radius 2 is 1.58 bits per heavy atom. The van der Waals surface area contributed by atoms with Crippen molar-refractivity contribution in [1.82, 2.24) is 14.8 Å². The van der Waals surface area contributed by atoms with Crippen LogP contribution in [0.15, 0.2) is 5.16 Å². The molecule has 0 unspecified atom stereocenters. The summed E-state index contributed by atoms with van der Waals surface area (Å²) in [6, 6.07) is 0. The van der Waals surface area contributed by atoms with Crippen LogP contribution in [0.25, 0.3) is 0 Å². The highest BCUT2D eigenvalue weighted by molar-refractivity contribution is 7.99. The molecule has 0 amide bonds. The van der Waals surface area contributed by atoms with Crippen LogP contribution in [0, 0.1) is 23.7 Å². The van der Waals surface area contributed by atoms with Crippen molar-refractivity contribution >= 4 is 11.8 Å². The third-order valence-corrected chi connectivity index (χ3v) is 8.77. The first kappa shape index (κ1) is 15.7. The first-order chi connectivity index (χ1) is 11.7. The summed E-state index contributed by atoms with van der Waals surface area (Å²) in [6.45, 7) is 0.